The largest absolute Gasteiger partial charge is 0.376 e. The fraction of sp³-hybridized carbons (Fsp3) is 0.500. The molecule has 100 valence electrons. The summed E-state index contributed by atoms with van der Waals surface area (Å²) in [5, 5.41) is 22.7. The summed E-state index contributed by atoms with van der Waals surface area (Å²) in [6.45, 7) is 2.62. The maximum Gasteiger partial charge on any atom is 0.312 e. The first-order valence-corrected chi connectivity index (χ1v) is 6.04. The highest BCUT2D eigenvalue weighted by atomic mass is 16.6. The summed E-state index contributed by atoms with van der Waals surface area (Å²) < 4.78 is 5.52. The van der Waals surface area contributed by atoms with Gasteiger partial charge in [-0.25, -0.2) is 4.98 Å². The summed E-state index contributed by atoms with van der Waals surface area (Å²) in [7, 11) is 0. The van der Waals surface area contributed by atoms with Crippen LogP contribution >= 0.6 is 0 Å². The van der Waals surface area contributed by atoms with Crippen molar-refractivity contribution < 1.29 is 9.66 Å². The van der Waals surface area contributed by atoms with Gasteiger partial charge in [0.25, 0.3) is 0 Å². The number of nitriles is 1. The van der Waals surface area contributed by atoms with Crippen molar-refractivity contribution in [3.63, 3.8) is 0 Å². The molecule has 1 aliphatic heterocycles. The van der Waals surface area contributed by atoms with E-state index in [2.05, 4.69) is 10.3 Å². The lowest BCUT2D eigenvalue weighted by Crippen LogP contribution is -2.30. The van der Waals surface area contributed by atoms with Crippen LogP contribution in [-0.4, -0.2) is 28.7 Å². The number of ether oxygens (including phenoxy) is 1. The first-order chi connectivity index (χ1) is 9.11. The van der Waals surface area contributed by atoms with Crippen LogP contribution in [0, 0.1) is 21.4 Å². The lowest BCUT2D eigenvalue weighted by molar-refractivity contribution is -0.384. The highest BCUT2D eigenvalue weighted by Gasteiger charge is 2.25. The predicted octanol–water partition coefficient (Wildman–Crippen LogP) is 1.84. The van der Waals surface area contributed by atoms with E-state index < -0.39 is 4.92 Å². The van der Waals surface area contributed by atoms with Gasteiger partial charge in [0.2, 0.25) is 5.82 Å². The third kappa shape index (κ3) is 2.98. The van der Waals surface area contributed by atoms with Crippen LogP contribution in [0.25, 0.3) is 0 Å². The third-order valence-electron chi connectivity index (χ3n) is 3.08. The molecular weight excluding hydrogens is 248 g/mol. The first kappa shape index (κ1) is 13.2. The minimum Gasteiger partial charge on any atom is -0.376 e. The van der Waals surface area contributed by atoms with Gasteiger partial charge in [0, 0.05) is 18.9 Å². The molecule has 19 heavy (non-hydrogen) atoms. The van der Waals surface area contributed by atoms with E-state index >= 15 is 0 Å². The second kappa shape index (κ2) is 5.63. The number of nitrogens with zero attached hydrogens (tertiary/aromatic N) is 3. The summed E-state index contributed by atoms with van der Waals surface area (Å²) >= 11 is 0. The van der Waals surface area contributed by atoms with Crippen molar-refractivity contribution in [2.75, 3.05) is 11.9 Å². The standard InChI is InChI=1S/C12H14N4O3/c1-8(11-3-2-4-19-11)15-12-10(16(17)18)5-9(6-13)7-14-12/h5,7-8,11H,2-4H2,1H3,(H,14,15). The van der Waals surface area contributed by atoms with E-state index in [1.807, 2.05) is 13.0 Å². The van der Waals surface area contributed by atoms with Gasteiger partial charge in [0.15, 0.2) is 0 Å². The van der Waals surface area contributed by atoms with Crippen molar-refractivity contribution in [3.8, 4) is 6.07 Å². The van der Waals surface area contributed by atoms with E-state index in [1.54, 1.807) is 0 Å². The van der Waals surface area contributed by atoms with Gasteiger partial charge in [0.05, 0.1) is 22.6 Å². The third-order valence-corrected chi connectivity index (χ3v) is 3.08. The van der Waals surface area contributed by atoms with Crippen LogP contribution in [0.2, 0.25) is 0 Å². The minimum absolute atomic E-state index is 0.0389. The van der Waals surface area contributed by atoms with E-state index in [0.717, 1.165) is 19.4 Å². The molecular formula is C12H14N4O3. The Bertz CT molecular complexity index is 520. The Morgan fingerprint density at radius 2 is 2.53 bits per heavy atom. The molecule has 2 atom stereocenters. The van der Waals surface area contributed by atoms with Crippen LogP contribution in [0.15, 0.2) is 12.3 Å². The summed E-state index contributed by atoms with van der Waals surface area (Å²) in [5.41, 5.74) is -0.0223. The van der Waals surface area contributed by atoms with Crippen LogP contribution in [-0.2, 0) is 4.74 Å². The number of anilines is 1. The SMILES string of the molecule is CC(Nc1ncc(C#N)cc1[N+](=O)[O-])C1CCCO1. The van der Waals surface area contributed by atoms with Crippen molar-refractivity contribution in [1.29, 1.82) is 5.26 Å². The molecule has 0 amide bonds. The molecule has 7 heteroatoms. The molecule has 1 N–H and O–H groups in total. The van der Waals surface area contributed by atoms with Crippen LogP contribution in [0.1, 0.15) is 25.3 Å². The molecule has 1 aromatic heterocycles. The molecule has 0 saturated carbocycles. The predicted molar refractivity (Wildman–Crippen MR) is 67.7 cm³/mol. The Hall–Kier alpha value is -2.20. The Labute approximate surface area is 110 Å². The molecule has 1 aliphatic rings. The second-order valence-corrected chi connectivity index (χ2v) is 4.45. The summed E-state index contributed by atoms with van der Waals surface area (Å²) in [6, 6.07) is 2.99. The zero-order valence-corrected chi connectivity index (χ0v) is 10.5. The van der Waals surface area contributed by atoms with E-state index in [9.17, 15) is 10.1 Å². The molecule has 1 fully saturated rings. The molecule has 2 heterocycles. The van der Waals surface area contributed by atoms with Gasteiger partial charge in [-0.1, -0.05) is 0 Å². The maximum absolute atomic E-state index is 11.0. The molecule has 1 aromatic rings. The van der Waals surface area contributed by atoms with Crippen molar-refractivity contribution in [3.05, 3.63) is 27.9 Å². The number of nitrogens with one attached hydrogen (secondary N) is 1. The lowest BCUT2D eigenvalue weighted by atomic mass is 10.1. The number of aromatic nitrogens is 1. The number of rotatable bonds is 4. The zero-order valence-electron chi connectivity index (χ0n) is 10.5. The Balaban J connectivity index is 2.19. The van der Waals surface area contributed by atoms with Gasteiger partial charge in [0.1, 0.15) is 6.07 Å². The van der Waals surface area contributed by atoms with E-state index in [-0.39, 0.29) is 29.2 Å². The number of hydrogen-bond acceptors (Lipinski definition) is 6. The highest BCUT2D eigenvalue weighted by molar-refractivity contribution is 5.58. The van der Waals surface area contributed by atoms with E-state index in [4.69, 9.17) is 10.00 Å². The second-order valence-electron chi connectivity index (χ2n) is 4.45. The molecule has 2 unspecified atom stereocenters. The normalized spacial score (nSPS) is 19.7. The van der Waals surface area contributed by atoms with Gasteiger partial charge in [-0.3, -0.25) is 10.1 Å². The zero-order chi connectivity index (χ0) is 13.8. The van der Waals surface area contributed by atoms with Crippen molar-refractivity contribution in [2.24, 2.45) is 0 Å². The van der Waals surface area contributed by atoms with Gasteiger partial charge in [-0.2, -0.15) is 5.26 Å². The molecule has 1 saturated heterocycles. The van der Waals surface area contributed by atoms with Crippen molar-refractivity contribution >= 4 is 11.5 Å². The van der Waals surface area contributed by atoms with Gasteiger partial charge < -0.3 is 10.1 Å². The van der Waals surface area contributed by atoms with Crippen LogP contribution in [0.5, 0.6) is 0 Å². The number of pyridine rings is 1. The highest BCUT2D eigenvalue weighted by Crippen LogP contribution is 2.25. The Morgan fingerprint density at radius 1 is 1.74 bits per heavy atom. The van der Waals surface area contributed by atoms with Crippen LogP contribution in [0.3, 0.4) is 0 Å². The lowest BCUT2D eigenvalue weighted by Gasteiger charge is -2.20. The summed E-state index contributed by atoms with van der Waals surface area (Å²) in [6.07, 6.45) is 3.28. The molecule has 2 rings (SSSR count). The molecule has 0 aliphatic carbocycles. The smallest absolute Gasteiger partial charge is 0.312 e. The summed E-state index contributed by atoms with van der Waals surface area (Å²) in [5.74, 6) is 0.173. The number of nitro groups is 1. The molecule has 0 bridgehead atoms. The Morgan fingerprint density at radius 3 is 3.11 bits per heavy atom. The minimum atomic E-state index is -0.543. The quantitative estimate of drug-likeness (QED) is 0.656. The van der Waals surface area contributed by atoms with E-state index in [0.29, 0.717) is 0 Å². The first-order valence-electron chi connectivity index (χ1n) is 6.04. The molecule has 0 aromatic carbocycles. The fourth-order valence-corrected chi connectivity index (χ4v) is 2.07. The van der Waals surface area contributed by atoms with Gasteiger partial charge >= 0.3 is 5.69 Å². The summed E-state index contributed by atoms with van der Waals surface area (Å²) in [4.78, 5) is 14.4. The average molecular weight is 262 g/mol. The molecule has 7 nitrogen and oxygen atoms in total. The topological polar surface area (TPSA) is 101 Å². The van der Waals surface area contributed by atoms with Crippen LogP contribution in [0.4, 0.5) is 11.5 Å². The molecule has 0 radical (unpaired) electrons. The van der Waals surface area contributed by atoms with Crippen LogP contribution < -0.4 is 5.32 Å². The molecule has 0 spiro atoms. The van der Waals surface area contributed by atoms with Gasteiger partial charge in [-0.05, 0) is 19.8 Å². The fourth-order valence-electron chi connectivity index (χ4n) is 2.07. The van der Waals surface area contributed by atoms with E-state index in [1.165, 1.54) is 12.3 Å². The monoisotopic (exact) mass is 262 g/mol. The number of hydrogen-bond donors (Lipinski definition) is 1. The van der Waals surface area contributed by atoms with Gasteiger partial charge in [-0.15, -0.1) is 0 Å². The average Bonchev–Trinajstić information content (AvgIpc) is 2.92. The van der Waals surface area contributed by atoms with Crippen molar-refractivity contribution in [1.82, 2.24) is 4.98 Å². The Kier molecular flexibility index (Phi) is 3.92. The van der Waals surface area contributed by atoms with Crippen molar-refractivity contribution in [2.45, 2.75) is 31.9 Å². The maximum atomic E-state index is 11.0.